The van der Waals surface area contributed by atoms with E-state index in [0.717, 1.165) is 25.9 Å². The van der Waals surface area contributed by atoms with E-state index in [-0.39, 0.29) is 18.5 Å². The summed E-state index contributed by atoms with van der Waals surface area (Å²) in [5.41, 5.74) is 0. The van der Waals surface area contributed by atoms with E-state index < -0.39 is 0 Å². The van der Waals surface area contributed by atoms with Crippen molar-refractivity contribution >= 4 is 12.4 Å². The Bertz CT molecular complexity index is 301. The topological polar surface area (TPSA) is 56.3 Å². The molecule has 2 heterocycles. The summed E-state index contributed by atoms with van der Waals surface area (Å²) in [5, 5.41) is 3.27. The van der Waals surface area contributed by atoms with Crippen LogP contribution in [0.15, 0.2) is 12.4 Å². The summed E-state index contributed by atoms with van der Waals surface area (Å²) in [4.78, 5) is 8.12. The number of methoxy groups -OCH3 is 1. The van der Waals surface area contributed by atoms with E-state index in [9.17, 15) is 0 Å². The van der Waals surface area contributed by atoms with Crippen LogP contribution in [0.4, 0.5) is 0 Å². The van der Waals surface area contributed by atoms with Gasteiger partial charge in [-0.05, 0) is 19.4 Å². The minimum absolute atomic E-state index is 0. The molecule has 1 aromatic heterocycles. The highest BCUT2D eigenvalue weighted by Gasteiger charge is 2.15. The van der Waals surface area contributed by atoms with Gasteiger partial charge in [0.2, 0.25) is 0 Å². The lowest BCUT2D eigenvalue weighted by Crippen LogP contribution is -2.37. The van der Waals surface area contributed by atoms with Crippen LogP contribution >= 0.6 is 12.4 Å². The molecule has 2 rings (SSSR count). The molecule has 1 fully saturated rings. The first-order valence-electron chi connectivity index (χ1n) is 5.12. The third-order valence-corrected chi connectivity index (χ3v) is 2.36. The Morgan fingerprint density at radius 2 is 2.12 bits per heavy atom. The van der Waals surface area contributed by atoms with Crippen molar-refractivity contribution in [3.05, 3.63) is 12.4 Å². The van der Waals surface area contributed by atoms with Gasteiger partial charge in [0, 0.05) is 6.54 Å². The van der Waals surface area contributed by atoms with E-state index in [2.05, 4.69) is 15.3 Å². The maximum Gasteiger partial charge on any atom is 0.316 e. The molecule has 1 aromatic rings. The molecule has 16 heavy (non-hydrogen) atoms. The summed E-state index contributed by atoms with van der Waals surface area (Å²) >= 11 is 0. The van der Waals surface area contributed by atoms with E-state index in [1.807, 2.05) is 0 Å². The van der Waals surface area contributed by atoms with Gasteiger partial charge in [-0.2, -0.15) is 9.97 Å². The van der Waals surface area contributed by atoms with Gasteiger partial charge in [0.25, 0.3) is 0 Å². The lowest BCUT2D eigenvalue weighted by atomic mass is 10.1. The molecule has 1 atom stereocenters. The molecule has 0 amide bonds. The Kier molecular flexibility index (Phi) is 5.28. The van der Waals surface area contributed by atoms with Crippen molar-refractivity contribution in [2.45, 2.75) is 18.9 Å². The van der Waals surface area contributed by atoms with Crippen LogP contribution in [0.25, 0.3) is 0 Å². The van der Waals surface area contributed by atoms with Crippen LogP contribution in [-0.4, -0.2) is 36.3 Å². The number of ether oxygens (including phenoxy) is 2. The molecule has 0 radical (unpaired) electrons. The minimum atomic E-state index is 0. The Hall–Kier alpha value is -1.07. The van der Waals surface area contributed by atoms with Gasteiger partial charge in [0.1, 0.15) is 6.10 Å². The molecule has 6 heteroatoms. The van der Waals surface area contributed by atoms with Crippen molar-refractivity contribution in [1.82, 2.24) is 15.3 Å². The smallest absolute Gasteiger partial charge is 0.316 e. The molecule has 0 bridgehead atoms. The van der Waals surface area contributed by atoms with Gasteiger partial charge in [-0.3, -0.25) is 0 Å². The molecular weight excluding hydrogens is 230 g/mol. The lowest BCUT2D eigenvalue weighted by molar-refractivity contribution is 0.153. The summed E-state index contributed by atoms with van der Waals surface area (Å²) in [6, 6.07) is 0.421. The highest BCUT2D eigenvalue weighted by atomic mass is 35.5. The molecule has 0 aliphatic carbocycles. The normalized spacial score (nSPS) is 19.7. The SMILES string of the molecule is COc1cnc(OC2CCCNC2)nc1.Cl. The molecule has 1 aliphatic heterocycles. The quantitative estimate of drug-likeness (QED) is 0.862. The van der Waals surface area contributed by atoms with Crippen LogP contribution in [0, 0.1) is 0 Å². The average molecular weight is 246 g/mol. The predicted octanol–water partition coefficient (Wildman–Crippen LogP) is 1.04. The number of nitrogens with zero attached hydrogens (tertiary/aromatic N) is 2. The van der Waals surface area contributed by atoms with Gasteiger partial charge >= 0.3 is 6.01 Å². The van der Waals surface area contributed by atoms with Gasteiger partial charge < -0.3 is 14.8 Å². The number of hydrogen-bond donors (Lipinski definition) is 1. The van der Waals surface area contributed by atoms with E-state index in [1.165, 1.54) is 0 Å². The molecule has 1 aliphatic rings. The number of halogens is 1. The van der Waals surface area contributed by atoms with Crippen molar-refractivity contribution in [2.24, 2.45) is 0 Å². The summed E-state index contributed by atoms with van der Waals surface area (Å²) in [5.74, 6) is 0.643. The minimum Gasteiger partial charge on any atom is -0.494 e. The fraction of sp³-hybridized carbons (Fsp3) is 0.600. The molecule has 90 valence electrons. The Balaban J connectivity index is 0.00000128. The van der Waals surface area contributed by atoms with Gasteiger partial charge in [-0.25, -0.2) is 0 Å². The van der Waals surface area contributed by atoms with Crippen LogP contribution in [0.5, 0.6) is 11.8 Å². The largest absolute Gasteiger partial charge is 0.494 e. The first kappa shape index (κ1) is 13.0. The number of nitrogens with one attached hydrogen (secondary N) is 1. The zero-order valence-corrected chi connectivity index (χ0v) is 10.00. The Morgan fingerprint density at radius 3 is 2.69 bits per heavy atom. The number of aromatic nitrogens is 2. The van der Waals surface area contributed by atoms with Crippen LogP contribution in [0.3, 0.4) is 0 Å². The lowest BCUT2D eigenvalue weighted by Gasteiger charge is -2.22. The van der Waals surface area contributed by atoms with E-state index in [0.29, 0.717) is 11.8 Å². The molecule has 1 saturated heterocycles. The monoisotopic (exact) mass is 245 g/mol. The maximum absolute atomic E-state index is 5.61. The van der Waals surface area contributed by atoms with Crippen LogP contribution in [0.1, 0.15) is 12.8 Å². The predicted molar refractivity (Wildman–Crippen MR) is 62.4 cm³/mol. The van der Waals surface area contributed by atoms with Crippen molar-refractivity contribution < 1.29 is 9.47 Å². The third-order valence-electron chi connectivity index (χ3n) is 2.36. The van der Waals surface area contributed by atoms with Crippen molar-refractivity contribution in [2.75, 3.05) is 20.2 Å². The summed E-state index contributed by atoms with van der Waals surface area (Å²) < 4.78 is 10.6. The molecular formula is C10H16ClN3O2. The molecule has 0 spiro atoms. The van der Waals surface area contributed by atoms with Gasteiger partial charge in [0.15, 0.2) is 5.75 Å². The molecule has 1 unspecified atom stereocenters. The third kappa shape index (κ3) is 3.50. The van der Waals surface area contributed by atoms with Gasteiger partial charge in [-0.15, -0.1) is 12.4 Å². The highest BCUT2D eigenvalue weighted by Crippen LogP contribution is 2.12. The van der Waals surface area contributed by atoms with E-state index in [4.69, 9.17) is 9.47 Å². The summed E-state index contributed by atoms with van der Waals surface area (Å²) in [6.07, 6.45) is 5.60. The summed E-state index contributed by atoms with van der Waals surface area (Å²) in [7, 11) is 1.59. The Morgan fingerprint density at radius 1 is 1.38 bits per heavy atom. The average Bonchev–Trinajstić information content (AvgIpc) is 2.31. The van der Waals surface area contributed by atoms with Crippen molar-refractivity contribution in [3.63, 3.8) is 0 Å². The number of hydrogen-bond acceptors (Lipinski definition) is 5. The van der Waals surface area contributed by atoms with Crippen molar-refractivity contribution in [3.8, 4) is 11.8 Å². The fourth-order valence-electron chi connectivity index (χ4n) is 1.54. The second-order valence-electron chi connectivity index (χ2n) is 3.49. The zero-order valence-electron chi connectivity index (χ0n) is 9.18. The first-order valence-corrected chi connectivity index (χ1v) is 5.12. The van der Waals surface area contributed by atoms with Crippen molar-refractivity contribution in [1.29, 1.82) is 0 Å². The number of piperidine rings is 1. The molecule has 5 nitrogen and oxygen atoms in total. The summed E-state index contributed by atoms with van der Waals surface area (Å²) in [6.45, 7) is 1.94. The molecule has 0 saturated carbocycles. The fourth-order valence-corrected chi connectivity index (χ4v) is 1.54. The standard InChI is InChI=1S/C10H15N3O2.ClH/c1-14-9-6-12-10(13-7-9)15-8-3-2-4-11-5-8;/h6-8,11H,2-5H2,1H3;1H. The second-order valence-corrected chi connectivity index (χ2v) is 3.49. The zero-order chi connectivity index (χ0) is 10.5. The Labute approximate surface area is 101 Å². The molecule has 0 aromatic carbocycles. The van der Waals surface area contributed by atoms with E-state index in [1.54, 1.807) is 19.5 Å². The first-order chi connectivity index (χ1) is 7.38. The van der Waals surface area contributed by atoms with Gasteiger partial charge in [0.05, 0.1) is 19.5 Å². The highest BCUT2D eigenvalue weighted by molar-refractivity contribution is 5.85. The second kappa shape index (κ2) is 6.50. The molecule has 1 N–H and O–H groups in total. The van der Waals surface area contributed by atoms with Crippen LogP contribution in [-0.2, 0) is 0 Å². The maximum atomic E-state index is 5.61. The number of rotatable bonds is 3. The van der Waals surface area contributed by atoms with Crippen LogP contribution in [0.2, 0.25) is 0 Å². The van der Waals surface area contributed by atoms with E-state index >= 15 is 0 Å². The van der Waals surface area contributed by atoms with Crippen LogP contribution < -0.4 is 14.8 Å². The van der Waals surface area contributed by atoms with Gasteiger partial charge in [-0.1, -0.05) is 0 Å².